The molecule has 4 nitrogen and oxygen atoms in total. The molecule has 154 valence electrons. The van der Waals surface area contributed by atoms with Crippen LogP contribution in [0.3, 0.4) is 0 Å². The van der Waals surface area contributed by atoms with Crippen LogP contribution in [0.4, 0.5) is 5.13 Å². The number of carbonyl (C=O) groups is 1. The number of amides is 1. The Balaban J connectivity index is 1.69. The first-order valence-corrected chi connectivity index (χ1v) is 10.9. The van der Waals surface area contributed by atoms with E-state index in [2.05, 4.69) is 70.0 Å². The van der Waals surface area contributed by atoms with Crippen molar-refractivity contribution in [2.45, 2.75) is 59.3 Å². The van der Waals surface area contributed by atoms with E-state index < -0.39 is 0 Å². The van der Waals surface area contributed by atoms with Crippen molar-refractivity contribution in [2.75, 3.05) is 11.9 Å². The zero-order chi connectivity index (χ0) is 21.2. The van der Waals surface area contributed by atoms with Gasteiger partial charge in [-0.1, -0.05) is 69.7 Å². The number of nitrogens with one attached hydrogen (secondary N) is 1. The maximum absolute atomic E-state index is 12.4. The zero-order valence-electron chi connectivity index (χ0n) is 18.1. The average Bonchev–Trinajstić information content (AvgIpc) is 3.06. The number of hydrogen-bond acceptors (Lipinski definition) is 4. The van der Waals surface area contributed by atoms with Crippen LogP contribution < -0.4 is 10.1 Å². The fraction of sp³-hybridized carbons (Fsp3) is 0.417. The number of fused-ring (bicyclic) bond motifs is 1. The monoisotopic (exact) mass is 410 g/mol. The van der Waals surface area contributed by atoms with Crippen molar-refractivity contribution in [3.63, 3.8) is 0 Å². The van der Waals surface area contributed by atoms with Gasteiger partial charge < -0.3 is 4.74 Å². The molecular formula is C24H30N2O2S. The SMILES string of the molecule is CCC(C)c1ccc2nc(NC(=O)COc3ccc(C)cc3C(C)(C)C)sc2c1. The van der Waals surface area contributed by atoms with Crippen LogP contribution in [0.1, 0.15) is 63.6 Å². The van der Waals surface area contributed by atoms with Gasteiger partial charge in [0.15, 0.2) is 11.7 Å². The van der Waals surface area contributed by atoms with Gasteiger partial charge in [0.2, 0.25) is 0 Å². The first kappa shape index (κ1) is 21.3. The molecule has 2 aromatic carbocycles. The van der Waals surface area contributed by atoms with Gasteiger partial charge in [-0.2, -0.15) is 0 Å². The van der Waals surface area contributed by atoms with Crippen LogP contribution in [0, 0.1) is 6.92 Å². The van der Waals surface area contributed by atoms with E-state index in [1.807, 2.05) is 18.2 Å². The highest BCUT2D eigenvalue weighted by Crippen LogP contribution is 2.32. The summed E-state index contributed by atoms with van der Waals surface area (Å²) < 4.78 is 6.95. The van der Waals surface area contributed by atoms with Crippen LogP contribution in [0.25, 0.3) is 10.2 Å². The van der Waals surface area contributed by atoms with Crippen LogP contribution in [0.15, 0.2) is 36.4 Å². The molecule has 1 N–H and O–H groups in total. The van der Waals surface area contributed by atoms with Crippen molar-refractivity contribution in [3.8, 4) is 5.75 Å². The summed E-state index contributed by atoms with van der Waals surface area (Å²) in [5.41, 5.74) is 4.43. The third-order valence-electron chi connectivity index (χ3n) is 5.14. The fourth-order valence-electron chi connectivity index (χ4n) is 3.19. The standard InChI is InChI=1S/C24H30N2O2S/c1-7-16(3)17-9-10-19-21(13-17)29-23(25-19)26-22(27)14-28-20-11-8-15(2)12-18(20)24(4,5)6/h8-13,16H,7,14H2,1-6H3,(H,25,26,27). The Bertz CT molecular complexity index is 1020. The van der Waals surface area contributed by atoms with Gasteiger partial charge in [0, 0.05) is 0 Å². The molecule has 29 heavy (non-hydrogen) atoms. The molecule has 1 amide bonds. The number of aryl methyl sites for hydroxylation is 1. The maximum atomic E-state index is 12.4. The number of carbonyl (C=O) groups excluding carboxylic acids is 1. The molecule has 3 rings (SSSR count). The number of rotatable bonds is 6. The molecule has 1 aromatic heterocycles. The number of nitrogens with zero attached hydrogens (tertiary/aromatic N) is 1. The number of benzene rings is 2. The van der Waals surface area contributed by atoms with Crippen LogP contribution in [0.5, 0.6) is 5.75 Å². The quantitative estimate of drug-likeness (QED) is 0.509. The Labute approximate surface area is 177 Å². The Morgan fingerprint density at radius 1 is 1.21 bits per heavy atom. The van der Waals surface area contributed by atoms with Gasteiger partial charge in [-0.15, -0.1) is 0 Å². The Morgan fingerprint density at radius 2 is 1.97 bits per heavy atom. The largest absolute Gasteiger partial charge is 0.483 e. The lowest BCUT2D eigenvalue weighted by Gasteiger charge is -2.23. The molecule has 0 saturated carbocycles. The summed E-state index contributed by atoms with van der Waals surface area (Å²) in [4.78, 5) is 17.0. The lowest BCUT2D eigenvalue weighted by Crippen LogP contribution is -2.22. The van der Waals surface area contributed by atoms with Gasteiger partial charge in [-0.25, -0.2) is 4.98 Å². The van der Waals surface area contributed by atoms with E-state index in [0.29, 0.717) is 11.0 Å². The van der Waals surface area contributed by atoms with Gasteiger partial charge in [0.25, 0.3) is 5.91 Å². The predicted octanol–water partition coefficient (Wildman–Crippen LogP) is 6.43. The second-order valence-corrected chi connectivity index (χ2v) is 9.67. The molecule has 1 unspecified atom stereocenters. The minimum Gasteiger partial charge on any atom is -0.483 e. The van der Waals surface area contributed by atoms with Gasteiger partial charge in [0.05, 0.1) is 10.2 Å². The van der Waals surface area contributed by atoms with E-state index >= 15 is 0 Å². The molecule has 0 saturated heterocycles. The summed E-state index contributed by atoms with van der Waals surface area (Å²) in [6.45, 7) is 12.9. The van der Waals surface area contributed by atoms with Crippen molar-refractivity contribution < 1.29 is 9.53 Å². The predicted molar refractivity (Wildman–Crippen MR) is 122 cm³/mol. The summed E-state index contributed by atoms with van der Waals surface area (Å²) in [7, 11) is 0. The van der Waals surface area contributed by atoms with E-state index in [0.717, 1.165) is 28.0 Å². The highest BCUT2D eigenvalue weighted by molar-refractivity contribution is 7.22. The molecule has 3 aromatic rings. The molecule has 0 fully saturated rings. The lowest BCUT2D eigenvalue weighted by molar-refractivity contribution is -0.118. The highest BCUT2D eigenvalue weighted by Gasteiger charge is 2.20. The summed E-state index contributed by atoms with van der Waals surface area (Å²) in [5.74, 6) is 1.06. The van der Waals surface area contributed by atoms with Crippen LogP contribution in [-0.4, -0.2) is 17.5 Å². The first-order valence-electron chi connectivity index (χ1n) is 10.1. The number of aromatic nitrogens is 1. The van der Waals surface area contributed by atoms with Crippen molar-refractivity contribution in [1.29, 1.82) is 0 Å². The molecule has 5 heteroatoms. The number of anilines is 1. The molecular weight excluding hydrogens is 380 g/mol. The summed E-state index contributed by atoms with van der Waals surface area (Å²) in [6.07, 6.45) is 1.10. The molecule has 0 spiro atoms. The van der Waals surface area contributed by atoms with Crippen molar-refractivity contribution in [2.24, 2.45) is 0 Å². The fourth-order valence-corrected chi connectivity index (χ4v) is 4.12. The second-order valence-electron chi connectivity index (χ2n) is 8.64. The third kappa shape index (κ3) is 5.15. The number of hydrogen-bond donors (Lipinski definition) is 1. The summed E-state index contributed by atoms with van der Waals surface area (Å²) in [5, 5.41) is 3.48. The number of ether oxygens (including phenoxy) is 1. The molecule has 0 aliphatic rings. The Morgan fingerprint density at radius 3 is 2.66 bits per heavy atom. The lowest BCUT2D eigenvalue weighted by atomic mass is 9.85. The molecule has 0 radical (unpaired) electrons. The van der Waals surface area contributed by atoms with E-state index in [9.17, 15) is 4.79 Å². The van der Waals surface area contributed by atoms with Crippen LogP contribution in [-0.2, 0) is 10.2 Å². The second kappa shape index (κ2) is 8.54. The summed E-state index contributed by atoms with van der Waals surface area (Å²) in [6, 6.07) is 12.4. The van der Waals surface area contributed by atoms with Gasteiger partial charge in [0.1, 0.15) is 5.75 Å². The van der Waals surface area contributed by atoms with Crippen molar-refractivity contribution in [3.05, 3.63) is 53.1 Å². The van der Waals surface area contributed by atoms with E-state index in [1.165, 1.54) is 22.5 Å². The maximum Gasteiger partial charge on any atom is 0.264 e. The smallest absolute Gasteiger partial charge is 0.264 e. The topological polar surface area (TPSA) is 51.2 Å². The van der Waals surface area contributed by atoms with E-state index in [-0.39, 0.29) is 17.9 Å². The Hall–Kier alpha value is -2.40. The zero-order valence-corrected chi connectivity index (χ0v) is 18.9. The van der Waals surface area contributed by atoms with Crippen LogP contribution in [0.2, 0.25) is 0 Å². The third-order valence-corrected chi connectivity index (χ3v) is 6.08. The molecule has 0 aliphatic heterocycles. The van der Waals surface area contributed by atoms with Crippen molar-refractivity contribution >= 4 is 32.6 Å². The molecule has 0 bridgehead atoms. The summed E-state index contributed by atoms with van der Waals surface area (Å²) >= 11 is 1.50. The number of thiazole rings is 1. The van der Waals surface area contributed by atoms with Crippen LogP contribution >= 0.6 is 11.3 Å². The Kier molecular flexibility index (Phi) is 6.27. The van der Waals surface area contributed by atoms with E-state index in [4.69, 9.17) is 4.74 Å². The first-order chi connectivity index (χ1) is 13.7. The average molecular weight is 411 g/mol. The molecule has 1 heterocycles. The normalized spacial score (nSPS) is 12.8. The van der Waals surface area contributed by atoms with Gasteiger partial charge in [-0.3, -0.25) is 10.1 Å². The minimum absolute atomic E-state index is 0.0415. The molecule has 1 atom stereocenters. The van der Waals surface area contributed by atoms with E-state index in [1.54, 1.807) is 0 Å². The van der Waals surface area contributed by atoms with Gasteiger partial charge >= 0.3 is 0 Å². The minimum atomic E-state index is -0.202. The van der Waals surface area contributed by atoms with Gasteiger partial charge in [-0.05, 0) is 54.0 Å². The van der Waals surface area contributed by atoms with Crippen molar-refractivity contribution in [1.82, 2.24) is 4.98 Å². The highest BCUT2D eigenvalue weighted by atomic mass is 32.1. The molecule has 0 aliphatic carbocycles.